The van der Waals surface area contributed by atoms with Gasteiger partial charge in [0, 0.05) is 18.8 Å². The molecule has 2 aromatic rings. The molecule has 3 nitrogen and oxygen atoms in total. The topological polar surface area (TPSA) is 34.1 Å². The van der Waals surface area contributed by atoms with Crippen LogP contribution in [0.25, 0.3) is 0 Å². The van der Waals surface area contributed by atoms with E-state index in [-0.39, 0.29) is 5.82 Å². The Morgan fingerprint density at radius 2 is 2.11 bits per heavy atom. The largest absolute Gasteiger partial charge is 0.487 e. The summed E-state index contributed by atoms with van der Waals surface area (Å²) in [5.41, 5.74) is 2.85. The fourth-order valence-electron chi connectivity index (χ4n) is 1.73. The van der Waals surface area contributed by atoms with Crippen LogP contribution in [0.15, 0.2) is 36.5 Å². The summed E-state index contributed by atoms with van der Waals surface area (Å²) in [6.45, 7) is 3.01. The smallest absolute Gasteiger partial charge is 0.130 e. The summed E-state index contributed by atoms with van der Waals surface area (Å²) in [4.78, 5) is 4.31. The molecular weight excluding hydrogens is 243 g/mol. The number of hydrogen-bond acceptors (Lipinski definition) is 3. The zero-order chi connectivity index (χ0) is 13.7. The van der Waals surface area contributed by atoms with Crippen molar-refractivity contribution in [2.24, 2.45) is 0 Å². The van der Waals surface area contributed by atoms with Gasteiger partial charge in [-0.25, -0.2) is 4.39 Å². The van der Waals surface area contributed by atoms with E-state index in [1.54, 1.807) is 6.07 Å². The molecule has 0 atom stereocenters. The van der Waals surface area contributed by atoms with Crippen molar-refractivity contribution in [1.29, 1.82) is 0 Å². The van der Waals surface area contributed by atoms with Crippen molar-refractivity contribution in [3.8, 4) is 5.75 Å². The van der Waals surface area contributed by atoms with Gasteiger partial charge in [0.15, 0.2) is 0 Å². The van der Waals surface area contributed by atoms with Crippen molar-refractivity contribution in [3.63, 3.8) is 0 Å². The summed E-state index contributed by atoms with van der Waals surface area (Å²) in [5.74, 6) is 0.263. The molecule has 0 amide bonds. The second-order valence-corrected chi connectivity index (χ2v) is 4.39. The molecule has 0 radical (unpaired) electrons. The standard InChI is InChI=1S/C15H17FN2O/c1-11-3-5-13(16)7-15(11)19-10-14-6-4-12(8-17-2)9-18-14/h3-7,9,17H,8,10H2,1-2H3. The van der Waals surface area contributed by atoms with Crippen LogP contribution in [-0.4, -0.2) is 12.0 Å². The van der Waals surface area contributed by atoms with Gasteiger partial charge in [0.2, 0.25) is 0 Å². The van der Waals surface area contributed by atoms with Crippen molar-refractivity contribution in [2.45, 2.75) is 20.1 Å². The molecule has 0 aliphatic heterocycles. The molecule has 4 heteroatoms. The van der Waals surface area contributed by atoms with Gasteiger partial charge >= 0.3 is 0 Å². The molecule has 0 bridgehead atoms. The number of nitrogens with one attached hydrogen (secondary N) is 1. The van der Waals surface area contributed by atoms with Crippen LogP contribution in [0.2, 0.25) is 0 Å². The molecule has 1 N–H and O–H groups in total. The molecule has 1 aromatic heterocycles. The predicted molar refractivity (Wildman–Crippen MR) is 72.5 cm³/mol. The Balaban J connectivity index is 2.00. The van der Waals surface area contributed by atoms with Crippen LogP contribution in [0, 0.1) is 12.7 Å². The van der Waals surface area contributed by atoms with Gasteiger partial charge in [-0.05, 0) is 37.2 Å². The van der Waals surface area contributed by atoms with Gasteiger partial charge in [-0.15, -0.1) is 0 Å². The number of ether oxygens (including phenoxy) is 1. The van der Waals surface area contributed by atoms with Crippen LogP contribution < -0.4 is 10.1 Å². The summed E-state index contributed by atoms with van der Waals surface area (Å²) in [5, 5.41) is 3.06. The van der Waals surface area contributed by atoms with E-state index in [9.17, 15) is 4.39 Å². The number of halogens is 1. The average Bonchev–Trinajstić information content (AvgIpc) is 2.42. The van der Waals surface area contributed by atoms with Crippen LogP contribution >= 0.6 is 0 Å². The first-order chi connectivity index (χ1) is 9.19. The number of aryl methyl sites for hydroxylation is 1. The van der Waals surface area contributed by atoms with Crippen LogP contribution in [0.3, 0.4) is 0 Å². The van der Waals surface area contributed by atoms with Gasteiger partial charge in [-0.1, -0.05) is 12.1 Å². The fourth-order valence-corrected chi connectivity index (χ4v) is 1.73. The van der Waals surface area contributed by atoms with Gasteiger partial charge in [0.1, 0.15) is 18.2 Å². The summed E-state index contributed by atoms with van der Waals surface area (Å²) in [6.07, 6.45) is 1.81. The van der Waals surface area contributed by atoms with E-state index in [4.69, 9.17) is 4.74 Å². The minimum absolute atomic E-state index is 0.294. The SMILES string of the molecule is CNCc1ccc(COc2cc(F)ccc2C)nc1. The van der Waals surface area contributed by atoms with Crippen LogP contribution in [0.1, 0.15) is 16.8 Å². The van der Waals surface area contributed by atoms with E-state index in [2.05, 4.69) is 10.3 Å². The molecule has 0 saturated carbocycles. The second-order valence-electron chi connectivity index (χ2n) is 4.39. The Morgan fingerprint density at radius 3 is 2.79 bits per heavy atom. The van der Waals surface area contributed by atoms with Crippen molar-refractivity contribution in [2.75, 3.05) is 7.05 Å². The highest BCUT2D eigenvalue weighted by Gasteiger charge is 2.03. The third-order valence-corrected chi connectivity index (χ3v) is 2.79. The molecular formula is C15H17FN2O. The molecule has 1 heterocycles. The molecule has 19 heavy (non-hydrogen) atoms. The minimum Gasteiger partial charge on any atom is -0.487 e. The highest BCUT2D eigenvalue weighted by atomic mass is 19.1. The highest BCUT2D eigenvalue weighted by molar-refractivity contribution is 5.32. The van der Waals surface area contributed by atoms with Crippen molar-refractivity contribution >= 4 is 0 Å². The third-order valence-electron chi connectivity index (χ3n) is 2.79. The lowest BCUT2D eigenvalue weighted by atomic mass is 10.2. The predicted octanol–water partition coefficient (Wildman–Crippen LogP) is 2.83. The lowest BCUT2D eigenvalue weighted by Gasteiger charge is -2.09. The molecule has 1 aromatic carbocycles. The molecule has 100 valence electrons. The lowest BCUT2D eigenvalue weighted by molar-refractivity contribution is 0.297. The van der Waals surface area contributed by atoms with E-state index >= 15 is 0 Å². The number of pyridine rings is 1. The summed E-state index contributed by atoms with van der Waals surface area (Å²) in [6, 6.07) is 8.44. The number of hydrogen-bond donors (Lipinski definition) is 1. The first-order valence-corrected chi connectivity index (χ1v) is 6.16. The molecule has 0 aliphatic carbocycles. The van der Waals surface area contributed by atoms with Crippen molar-refractivity contribution < 1.29 is 9.13 Å². The normalized spacial score (nSPS) is 10.5. The van der Waals surface area contributed by atoms with E-state index in [1.807, 2.05) is 32.3 Å². The van der Waals surface area contributed by atoms with Gasteiger partial charge in [-0.2, -0.15) is 0 Å². The third kappa shape index (κ3) is 3.76. The van der Waals surface area contributed by atoms with E-state index in [0.717, 1.165) is 23.4 Å². The Kier molecular flexibility index (Phi) is 4.47. The lowest BCUT2D eigenvalue weighted by Crippen LogP contribution is -2.06. The minimum atomic E-state index is -0.294. The Morgan fingerprint density at radius 1 is 1.26 bits per heavy atom. The summed E-state index contributed by atoms with van der Waals surface area (Å²) < 4.78 is 18.7. The zero-order valence-corrected chi connectivity index (χ0v) is 11.1. The molecule has 0 aliphatic rings. The Labute approximate surface area is 112 Å². The van der Waals surface area contributed by atoms with Gasteiger partial charge in [-0.3, -0.25) is 4.98 Å². The maximum Gasteiger partial charge on any atom is 0.130 e. The first-order valence-electron chi connectivity index (χ1n) is 6.16. The molecule has 0 unspecified atom stereocenters. The average molecular weight is 260 g/mol. The maximum absolute atomic E-state index is 13.1. The molecule has 0 saturated heterocycles. The van der Waals surface area contributed by atoms with Gasteiger partial charge < -0.3 is 10.1 Å². The monoisotopic (exact) mass is 260 g/mol. The van der Waals surface area contributed by atoms with Crippen molar-refractivity contribution in [1.82, 2.24) is 10.3 Å². The Bertz CT molecular complexity index is 540. The summed E-state index contributed by atoms with van der Waals surface area (Å²) >= 11 is 0. The number of aromatic nitrogens is 1. The molecule has 0 spiro atoms. The van der Waals surface area contributed by atoms with E-state index < -0.39 is 0 Å². The first kappa shape index (κ1) is 13.5. The second kappa shape index (κ2) is 6.29. The Hall–Kier alpha value is -1.94. The molecule has 2 rings (SSSR count). The zero-order valence-electron chi connectivity index (χ0n) is 11.1. The number of benzene rings is 1. The van der Waals surface area contributed by atoms with E-state index in [0.29, 0.717) is 12.4 Å². The maximum atomic E-state index is 13.1. The van der Waals surface area contributed by atoms with Crippen LogP contribution in [0.4, 0.5) is 4.39 Å². The van der Waals surface area contributed by atoms with Crippen molar-refractivity contribution in [3.05, 3.63) is 59.2 Å². The highest BCUT2D eigenvalue weighted by Crippen LogP contribution is 2.19. The molecule has 0 fully saturated rings. The van der Waals surface area contributed by atoms with Gasteiger partial charge in [0.25, 0.3) is 0 Å². The number of nitrogens with zero attached hydrogens (tertiary/aromatic N) is 1. The number of rotatable bonds is 5. The van der Waals surface area contributed by atoms with Crippen LogP contribution in [-0.2, 0) is 13.2 Å². The quantitative estimate of drug-likeness (QED) is 0.897. The van der Waals surface area contributed by atoms with Gasteiger partial charge in [0.05, 0.1) is 5.69 Å². The van der Waals surface area contributed by atoms with Crippen LogP contribution in [0.5, 0.6) is 5.75 Å². The fraction of sp³-hybridized carbons (Fsp3) is 0.267. The van der Waals surface area contributed by atoms with E-state index in [1.165, 1.54) is 12.1 Å². The summed E-state index contributed by atoms with van der Waals surface area (Å²) in [7, 11) is 1.89.